The van der Waals surface area contributed by atoms with Gasteiger partial charge in [0.2, 0.25) is 10.0 Å². The van der Waals surface area contributed by atoms with Crippen molar-refractivity contribution >= 4 is 27.4 Å². The largest absolute Gasteiger partial charge is 0.492 e. The van der Waals surface area contributed by atoms with Crippen molar-refractivity contribution in [3.63, 3.8) is 0 Å². The summed E-state index contributed by atoms with van der Waals surface area (Å²) in [6.07, 6.45) is 1.44. The summed E-state index contributed by atoms with van der Waals surface area (Å²) < 4.78 is 33.5. The van der Waals surface area contributed by atoms with Crippen molar-refractivity contribution in [2.75, 3.05) is 18.5 Å². The number of benzene rings is 2. The average molecular weight is 400 g/mol. The highest BCUT2D eigenvalue weighted by molar-refractivity contribution is 7.89. The summed E-state index contributed by atoms with van der Waals surface area (Å²) in [4.78, 5) is 23.4. The fourth-order valence-corrected chi connectivity index (χ4v) is 5.24. The third-order valence-corrected chi connectivity index (χ3v) is 7.03. The maximum absolute atomic E-state index is 13.1. The molecule has 7 nitrogen and oxygen atoms in total. The zero-order valence-corrected chi connectivity index (χ0v) is 16.2. The summed E-state index contributed by atoms with van der Waals surface area (Å²) >= 11 is 0. The van der Waals surface area contributed by atoms with Crippen LogP contribution in [0.1, 0.15) is 28.8 Å². The highest BCUT2D eigenvalue weighted by atomic mass is 32.2. The number of ether oxygens (including phenoxy) is 1. The maximum Gasteiger partial charge on any atom is 0.296 e. The van der Waals surface area contributed by atoms with E-state index in [-0.39, 0.29) is 23.1 Å². The van der Waals surface area contributed by atoms with Crippen LogP contribution in [0.3, 0.4) is 0 Å². The Morgan fingerprint density at radius 3 is 2.64 bits per heavy atom. The number of nitrogens with one attached hydrogen (secondary N) is 1. The van der Waals surface area contributed by atoms with Gasteiger partial charge in [-0.3, -0.25) is 9.59 Å². The fraction of sp³-hybridized carbons (Fsp3) is 0.300. The molecule has 4 rings (SSSR count). The summed E-state index contributed by atoms with van der Waals surface area (Å²) in [5.74, 6) is -0.759. The third-order valence-electron chi connectivity index (χ3n) is 5.08. The molecule has 146 valence electrons. The molecule has 0 unspecified atom stereocenters. The van der Waals surface area contributed by atoms with Gasteiger partial charge in [0, 0.05) is 6.54 Å². The number of hydrogen-bond acceptors (Lipinski definition) is 5. The van der Waals surface area contributed by atoms with Crippen molar-refractivity contribution in [3.05, 3.63) is 53.6 Å². The van der Waals surface area contributed by atoms with Gasteiger partial charge < -0.3 is 10.1 Å². The molecule has 28 heavy (non-hydrogen) atoms. The summed E-state index contributed by atoms with van der Waals surface area (Å²) in [6, 6.07) is 11.5. The third kappa shape index (κ3) is 3.29. The molecule has 0 spiro atoms. The fourth-order valence-electron chi connectivity index (χ4n) is 3.54. The molecule has 1 atom stereocenters. The summed E-state index contributed by atoms with van der Waals surface area (Å²) in [5.41, 5.74) is 1.56. The number of hydrogen-bond donors (Lipinski definition) is 1. The minimum atomic E-state index is -3.80. The molecule has 1 amide bonds. The lowest BCUT2D eigenvalue weighted by molar-refractivity contribution is -0.112. The number of rotatable bonds is 5. The van der Waals surface area contributed by atoms with Crippen LogP contribution in [-0.2, 0) is 14.8 Å². The highest BCUT2D eigenvalue weighted by Crippen LogP contribution is 2.31. The van der Waals surface area contributed by atoms with Crippen LogP contribution in [0.5, 0.6) is 5.75 Å². The van der Waals surface area contributed by atoms with E-state index in [0.717, 1.165) is 12.0 Å². The molecule has 8 heteroatoms. The van der Waals surface area contributed by atoms with E-state index >= 15 is 0 Å². The second kappa shape index (κ2) is 7.03. The predicted molar refractivity (Wildman–Crippen MR) is 103 cm³/mol. The Labute approximate surface area is 163 Å². The van der Waals surface area contributed by atoms with E-state index in [9.17, 15) is 18.0 Å². The van der Waals surface area contributed by atoms with Crippen LogP contribution in [0.15, 0.2) is 47.4 Å². The van der Waals surface area contributed by atoms with Crippen molar-refractivity contribution in [1.29, 1.82) is 0 Å². The van der Waals surface area contributed by atoms with E-state index in [0.29, 0.717) is 24.4 Å². The predicted octanol–water partition coefficient (Wildman–Crippen LogP) is 2.36. The van der Waals surface area contributed by atoms with E-state index in [1.165, 1.54) is 22.5 Å². The van der Waals surface area contributed by atoms with Gasteiger partial charge in [0.25, 0.3) is 11.7 Å². The van der Waals surface area contributed by atoms with Crippen LogP contribution < -0.4 is 10.1 Å². The number of amides is 1. The molecular formula is C20H20N2O5S. The van der Waals surface area contributed by atoms with E-state index in [1.807, 2.05) is 31.2 Å². The Bertz CT molecular complexity index is 1050. The number of nitrogens with zero attached hydrogens (tertiary/aromatic N) is 1. The van der Waals surface area contributed by atoms with Gasteiger partial charge in [-0.15, -0.1) is 0 Å². The smallest absolute Gasteiger partial charge is 0.296 e. The molecule has 0 radical (unpaired) electrons. The van der Waals surface area contributed by atoms with Crippen molar-refractivity contribution in [2.24, 2.45) is 0 Å². The number of carbonyl (C=O) groups excluding carboxylic acids is 2. The Morgan fingerprint density at radius 1 is 1.14 bits per heavy atom. The molecule has 1 fully saturated rings. The first-order valence-corrected chi connectivity index (χ1v) is 10.5. The SMILES string of the molecule is Cc1ccc(OC[C@@H]2CCCN2S(=O)(=O)c2ccc3c(c2)C(=O)C(=O)N3)cc1. The molecule has 2 aliphatic heterocycles. The number of fused-ring (bicyclic) bond motifs is 1. The lowest BCUT2D eigenvalue weighted by Crippen LogP contribution is -2.39. The maximum atomic E-state index is 13.1. The molecular weight excluding hydrogens is 380 g/mol. The van der Waals surface area contributed by atoms with Crippen molar-refractivity contribution in [1.82, 2.24) is 4.31 Å². The zero-order chi connectivity index (χ0) is 19.9. The number of anilines is 1. The second-order valence-corrected chi connectivity index (χ2v) is 8.92. The lowest BCUT2D eigenvalue weighted by atomic mass is 10.1. The quantitative estimate of drug-likeness (QED) is 0.778. The number of aryl methyl sites for hydroxylation is 1. The summed E-state index contributed by atoms with van der Waals surface area (Å²) in [7, 11) is -3.80. The second-order valence-electron chi connectivity index (χ2n) is 7.03. The first-order valence-electron chi connectivity index (χ1n) is 9.07. The van der Waals surface area contributed by atoms with E-state index in [4.69, 9.17) is 4.74 Å². The van der Waals surface area contributed by atoms with Crippen molar-refractivity contribution < 1.29 is 22.7 Å². The number of ketones is 1. The Kier molecular flexibility index (Phi) is 4.68. The number of sulfonamides is 1. The average Bonchev–Trinajstić information content (AvgIpc) is 3.26. The van der Waals surface area contributed by atoms with Crippen LogP contribution in [0.2, 0.25) is 0 Å². The monoisotopic (exact) mass is 400 g/mol. The molecule has 2 aromatic carbocycles. The molecule has 0 aromatic heterocycles. The molecule has 2 aromatic rings. The minimum Gasteiger partial charge on any atom is -0.492 e. The lowest BCUT2D eigenvalue weighted by Gasteiger charge is -2.24. The van der Waals surface area contributed by atoms with Gasteiger partial charge in [-0.1, -0.05) is 17.7 Å². The van der Waals surface area contributed by atoms with Crippen molar-refractivity contribution in [2.45, 2.75) is 30.7 Å². The van der Waals surface area contributed by atoms with Gasteiger partial charge in [0.15, 0.2) is 0 Å². The first-order chi connectivity index (χ1) is 13.4. The van der Waals surface area contributed by atoms with Gasteiger partial charge in [-0.25, -0.2) is 8.42 Å². The van der Waals surface area contributed by atoms with Gasteiger partial charge in [-0.2, -0.15) is 4.31 Å². The van der Waals surface area contributed by atoms with Crippen LogP contribution in [0.25, 0.3) is 0 Å². The minimum absolute atomic E-state index is 0.0123. The van der Waals surface area contributed by atoms with Crippen LogP contribution in [0.4, 0.5) is 5.69 Å². The van der Waals surface area contributed by atoms with Crippen LogP contribution in [-0.4, -0.2) is 43.6 Å². The molecule has 2 heterocycles. The van der Waals surface area contributed by atoms with E-state index in [1.54, 1.807) is 0 Å². The Morgan fingerprint density at radius 2 is 1.89 bits per heavy atom. The van der Waals surface area contributed by atoms with Gasteiger partial charge in [-0.05, 0) is 50.1 Å². The van der Waals surface area contributed by atoms with E-state index in [2.05, 4.69) is 5.32 Å². The topological polar surface area (TPSA) is 92.8 Å². The normalized spacial score (nSPS) is 19.5. The molecule has 0 saturated carbocycles. The molecule has 1 saturated heterocycles. The molecule has 0 aliphatic carbocycles. The molecule has 1 N–H and O–H groups in total. The van der Waals surface area contributed by atoms with E-state index < -0.39 is 21.7 Å². The van der Waals surface area contributed by atoms with Gasteiger partial charge in [0.05, 0.1) is 22.2 Å². The first kappa shape index (κ1) is 18.6. The number of Topliss-reactive ketones (excluding diaryl/α,β-unsaturated/α-hetero) is 1. The van der Waals surface area contributed by atoms with Gasteiger partial charge >= 0.3 is 0 Å². The van der Waals surface area contributed by atoms with Crippen LogP contribution >= 0.6 is 0 Å². The zero-order valence-electron chi connectivity index (χ0n) is 15.3. The molecule has 2 aliphatic rings. The van der Waals surface area contributed by atoms with Gasteiger partial charge in [0.1, 0.15) is 12.4 Å². The van der Waals surface area contributed by atoms with Crippen molar-refractivity contribution in [3.8, 4) is 5.75 Å². The molecule has 0 bridgehead atoms. The summed E-state index contributed by atoms with van der Waals surface area (Å²) in [5, 5.41) is 2.43. The Balaban J connectivity index is 1.54. The number of carbonyl (C=O) groups is 2. The summed E-state index contributed by atoms with van der Waals surface area (Å²) in [6.45, 7) is 2.64. The standard InChI is InChI=1S/C20H20N2O5S/c1-13-4-6-15(7-5-13)27-12-14-3-2-10-22(14)28(25,26)16-8-9-18-17(11-16)19(23)20(24)21-18/h4-9,11,14H,2-3,10,12H2,1H3,(H,21,23,24)/t14-/m0/s1. The highest BCUT2D eigenvalue weighted by Gasteiger charge is 2.37. The Hall–Kier alpha value is -2.71. The van der Waals surface area contributed by atoms with Crippen LogP contribution in [0, 0.1) is 6.92 Å².